The monoisotopic (exact) mass is 288 g/mol. The van der Waals surface area contributed by atoms with E-state index in [9.17, 15) is 9.59 Å². The van der Waals surface area contributed by atoms with E-state index < -0.39 is 5.97 Å². The Hall–Kier alpha value is -2.13. The van der Waals surface area contributed by atoms with E-state index in [1.807, 2.05) is 6.07 Å². The quantitative estimate of drug-likeness (QED) is 0.487. The fourth-order valence-corrected chi connectivity index (χ4v) is 1.99. The summed E-state index contributed by atoms with van der Waals surface area (Å²) in [5.74, 6) is -0.484. The number of rotatable bonds is 4. The Balaban J connectivity index is 2.45. The molecule has 0 aliphatic rings. The Morgan fingerprint density at radius 2 is 1.75 bits per heavy atom. The lowest BCUT2D eigenvalue weighted by molar-refractivity contribution is -0.134. The molecule has 3 nitrogen and oxygen atoms in total. The number of halogens is 1. The van der Waals surface area contributed by atoms with Crippen LogP contribution in [0.5, 0.6) is 5.75 Å². The van der Waals surface area contributed by atoms with Crippen molar-refractivity contribution in [2.75, 3.05) is 0 Å². The van der Waals surface area contributed by atoms with Gasteiger partial charge in [0.1, 0.15) is 5.75 Å². The van der Waals surface area contributed by atoms with Crippen LogP contribution in [0.25, 0.3) is 0 Å². The molecule has 20 heavy (non-hydrogen) atoms. The summed E-state index contributed by atoms with van der Waals surface area (Å²) in [4.78, 5) is 23.9. The number of esters is 1. The summed E-state index contributed by atoms with van der Waals surface area (Å²) < 4.78 is 5.17. The minimum atomic E-state index is -0.408. The van der Waals surface area contributed by atoms with Gasteiger partial charge in [0.15, 0.2) is 5.78 Å². The second-order valence-electron chi connectivity index (χ2n) is 4.14. The molecular weight excluding hydrogens is 276 g/mol. The van der Waals surface area contributed by atoms with E-state index in [0.717, 1.165) is 0 Å². The van der Waals surface area contributed by atoms with Gasteiger partial charge in [0.05, 0.1) is 10.6 Å². The first-order chi connectivity index (χ1) is 9.63. The molecule has 0 amide bonds. The maximum atomic E-state index is 12.5. The highest BCUT2D eigenvalue weighted by Gasteiger charge is 2.19. The SMILES string of the molecule is CCC(=O)Oc1cccc(Cl)c1C(=O)c1ccccc1. The maximum Gasteiger partial charge on any atom is 0.310 e. The van der Waals surface area contributed by atoms with Crippen molar-refractivity contribution in [2.24, 2.45) is 0 Å². The Bertz CT molecular complexity index is 635. The van der Waals surface area contributed by atoms with Crippen molar-refractivity contribution in [1.29, 1.82) is 0 Å². The molecule has 0 fully saturated rings. The molecule has 2 rings (SSSR count). The minimum absolute atomic E-state index is 0.193. The molecule has 2 aromatic carbocycles. The van der Waals surface area contributed by atoms with Gasteiger partial charge >= 0.3 is 5.97 Å². The van der Waals surface area contributed by atoms with Crippen molar-refractivity contribution in [2.45, 2.75) is 13.3 Å². The van der Waals surface area contributed by atoms with Gasteiger partial charge in [-0.05, 0) is 12.1 Å². The third-order valence-electron chi connectivity index (χ3n) is 2.75. The maximum absolute atomic E-state index is 12.5. The Labute approximate surface area is 122 Å². The minimum Gasteiger partial charge on any atom is -0.426 e. The highest BCUT2D eigenvalue weighted by atomic mass is 35.5. The molecule has 0 atom stereocenters. The van der Waals surface area contributed by atoms with Crippen LogP contribution in [0.1, 0.15) is 29.3 Å². The van der Waals surface area contributed by atoms with Gasteiger partial charge in [-0.15, -0.1) is 0 Å². The number of carbonyl (C=O) groups excluding carboxylic acids is 2. The van der Waals surface area contributed by atoms with Crippen molar-refractivity contribution in [1.82, 2.24) is 0 Å². The van der Waals surface area contributed by atoms with Crippen LogP contribution in [0.4, 0.5) is 0 Å². The third kappa shape index (κ3) is 3.06. The Kier molecular flexibility index (Phi) is 4.53. The molecule has 0 aliphatic carbocycles. The summed E-state index contributed by atoms with van der Waals surface area (Å²) in [6, 6.07) is 13.5. The lowest BCUT2D eigenvalue weighted by atomic mass is 10.0. The summed E-state index contributed by atoms with van der Waals surface area (Å²) in [5, 5.41) is 0.264. The predicted molar refractivity (Wildman–Crippen MR) is 77.3 cm³/mol. The van der Waals surface area contributed by atoms with E-state index in [0.29, 0.717) is 5.56 Å². The second-order valence-corrected chi connectivity index (χ2v) is 4.54. The van der Waals surface area contributed by atoms with Crippen LogP contribution in [0.2, 0.25) is 5.02 Å². The molecule has 0 unspecified atom stereocenters. The van der Waals surface area contributed by atoms with Gasteiger partial charge in [-0.1, -0.05) is 54.9 Å². The zero-order valence-electron chi connectivity index (χ0n) is 10.9. The topological polar surface area (TPSA) is 43.4 Å². The molecule has 0 aliphatic heterocycles. The summed E-state index contributed by atoms with van der Waals surface area (Å²) in [7, 11) is 0. The molecule has 2 aromatic rings. The van der Waals surface area contributed by atoms with E-state index >= 15 is 0 Å². The largest absolute Gasteiger partial charge is 0.426 e. The van der Waals surface area contributed by atoms with Crippen LogP contribution in [-0.4, -0.2) is 11.8 Å². The molecule has 0 heterocycles. The summed E-state index contributed by atoms with van der Waals surface area (Å²) >= 11 is 6.09. The van der Waals surface area contributed by atoms with Crippen LogP contribution in [-0.2, 0) is 4.79 Å². The average molecular weight is 289 g/mol. The smallest absolute Gasteiger partial charge is 0.310 e. The van der Waals surface area contributed by atoms with Gasteiger partial charge in [-0.2, -0.15) is 0 Å². The second kappa shape index (κ2) is 6.35. The van der Waals surface area contributed by atoms with Gasteiger partial charge < -0.3 is 4.74 Å². The number of carbonyl (C=O) groups is 2. The van der Waals surface area contributed by atoms with E-state index in [1.165, 1.54) is 0 Å². The highest BCUT2D eigenvalue weighted by molar-refractivity contribution is 6.35. The summed E-state index contributed by atoms with van der Waals surface area (Å²) in [6.07, 6.45) is 0.228. The van der Waals surface area contributed by atoms with Crippen molar-refractivity contribution >= 4 is 23.4 Å². The average Bonchev–Trinajstić information content (AvgIpc) is 2.47. The van der Waals surface area contributed by atoms with Crippen LogP contribution >= 0.6 is 11.6 Å². The first-order valence-corrected chi connectivity index (χ1v) is 6.60. The third-order valence-corrected chi connectivity index (χ3v) is 3.07. The normalized spacial score (nSPS) is 10.1. The van der Waals surface area contributed by atoms with Crippen LogP contribution in [0.15, 0.2) is 48.5 Å². The van der Waals surface area contributed by atoms with E-state index in [1.54, 1.807) is 49.4 Å². The molecule has 102 valence electrons. The van der Waals surface area contributed by atoms with E-state index in [2.05, 4.69) is 0 Å². The number of benzene rings is 2. The van der Waals surface area contributed by atoms with E-state index in [-0.39, 0.29) is 28.5 Å². The number of ketones is 1. The fourth-order valence-electron chi connectivity index (χ4n) is 1.74. The number of hydrogen-bond donors (Lipinski definition) is 0. The first-order valence-electron chi connectivity index (χ1n) is 6.22. The van der Waals surface area contributed by atoms with Crippen molar-refractivity contribution in [3.8, 4) is 5.75 Å². The molecule has 0 radical (unpaired) electrons. The summed E-state index contributed by atoms with van der Waals surface area (Å²) in [6.45, 7) is 1.69. The van der Waals surface area contributed by atoms with Crippen LogP contribution < -0.4 is 4.74 Å². The van der Waals surface area contributed by atoms with Crippen molar-refractivity contribution in [3.63, 3.8) is 0 Å². The molecule has 0 bridgehead atoms. The van der Waals surface area contributed by atoms with Crippen LogP contribution in [0.3, 0.4) is 0 Å². The first kappa shape index (κ1) is 14.3. The summed E-state index contributed by atoms with van der Waals surface area (Å²) in [5.41, 5.74) is 0.705. The molecule has 4 heteroatoms. The Morgan fingerprint density at radius 1 is 1.05 bits per heavy atom. The van der Waals surface area contributed by atoms with E-state index in [4.69, 9.17) is 16.3 Å². The molecule has 0 spiro atoms. The number of ether oxygens (including phenoxy) is 1. The van der Waals surface area contributed by atoms with Crippen LogP contribution in [0, 0.1) is 0 Å². The lowest BCUT2D eigenvalue weighted by Gasteiger charge is -2.10. The number of hydrogen-bond acceptors (Lipinski definition) is 3. The molecule has 0 aromatic heterocycles. The van der Waals surface area contributed by atoms with Gasteiger partial charge in [-0.3, -0.25) is 9.59 Å². The van der Waals surface area contributed by atoms with Gasteiger partial charge in [-0.25, -0.2) is 0 Å². The molecular formula is C16H13ClO3. The molecule has 0 saturated carbocycles. The fraction of sp³-hybridized carbons (Fsp3) is 0.125. The highest BCUT2D eigenvalue weighted by Crippen LogP contribution is 2.29. The zero-order valence-corrected chi connectivity index (χ0v) is 11.7. The molecule has 0 saturated heterocycles. The van der Waals surface area contributed by atoms with Crippen molar-refractivity contribution in [3.05, 3.63) is 64.7 Å². The van der Waals surface area contributed by atoms with Gasteiger partial charge in [0, 0.05) is 12.0 Å². The van der Waals surface area contributed by atoms with Crippen molar-refractivity contribution < 1.29 is 14.3 Å². The predicted octanol–water partition coefficient (Wildman–Crippen LogP) is 3.89. The molecule has 0 N–H and O–H groups in total. The standard InChI is InChI=1S/C16H13ClO3/c1-2-14(18)20-13-10-6-9-12(17)15(13)16(19)11-7-4-3-5-8-11/h3-10H,2H2,1H3. The van der Waals surface area contributed by atoms with Gasteiger partial charge in [0.2, 0.25) is 0 Å². The zero-order chi connectivity index (χ0) is 14.5. The van der Waals surface area contributed by atoms with Gasteiger partial charge in [0.25, 0.3) is 0 Å². The lowest BCUT2D eigenvalue weighted by Crippen LogP contribution is -2.11. The Morgan fingerprint density at radius 3 is 2.40 bits per heavy atom.